The summed E-state index contributed by atoms with van der Waals surface area (Å²) in [7, 11) is 0. The van der Waals surface area contributed by atoms with Gasteiger partial charge in [0.05, 0.1) is 19.1 Å². The summed E-state index contributed by atoms with van der Waals surface area (Å²) < 4.78 is 0. The van der Waals surface area contributed by atoms with Crippen LogP contribution in [-0.2, 0) is 38.4 Å². The van der Waals surface area contributed by atoms with Crippen molar-refractivity contribution in [2.24, 2.45) is 45.5 Å². The molecule has 0 aromatic carbocycles. The van der Waals surface area contributed by atoms with Gasteiger partial charge in [-0.1, -0.05) is 27.7 Å². The van der Waals surface area contributed by atoms with Gasteiger partial charge in [0.15, 0.2) is 5.96 Å². The lowest BCUT2D eigenvalue weighted by Gasteiger charge is -2.28. The van der Waals surface area contributed by atoms with E-state index in [-0.39, 0.29) is 50.7 Å². The Kier molecular flexibility index (Phi) is 26.6. The molecule has 0 saturated heterocycles. The largest absolute Gasteiger partial charge is 0.481 e. The maximum atomic E-state index is 13.6. The molecule has 0 rings (SSSR count). The first-order chi connectivity index (χ1) is 27.7. The van der Waals surface area contributed by atoms with Crippen LogP contribution in [0.1, 0.15) is 91.9 Å². The van der Waals surface area contributed by atoms with Gasteiger partial charge in [-0.25, -0.2) is 4.79 Å². The SMILES string of the molecule is CC(C)C[C@H](NC(=O)[C@H](CO)NC(=O)[C@H](CC(=O)O)NC(=O)[C@H](CCCCN)NC(=O)[C@@H](N)CCCN=C(N)N)C(=O)N[C@H](C(=O)N[C@@H](CCCCN)C(=O)O)C(C)C. The zero-order chi connectivity index (χ0) is 45.2. The number of aliphatic hydroxyl groups excluding tert-OH is 1. The van der Waals surface area contributed by atoms with Gasteiger partial charge >= 0.3 is 11.9 Å². The molecule has 19 N–H and O–H groups in total. The Morgan fingerprint density at radius 3 is 1.54 bits per heavy atom. The quantitative estimate of drug-likeness (QED) is 0.0179. The van der Waals surface area contributed by atoms with Gasteiger partial charge in [-0.05, 0) is 82.7 Å². The maximum Gasteiger partial charge on any atom is 0.326 e. The van der Waals surface area contributed by atoms with Crippen LogP contribution >= 0.6 is 0 Å². The smallest absolute Gasteiger partial charge is 0.326 e. The summed E-state index contributed by atoms with van der Waals surface area (Å²) in [6.45, 7) is 6.55. The lowest BCUT2D eigenvalue weighted by molar-refractivity contribution is -0.143. The molecule has 0 aromatic rings. The number of amides is 6. The van der Waals surface area contributed by atoms with Crippen LogP contribution in [-0.4, -0.2) is 137 Å². The Morgan fingerprint density at radius 2 is 1.05 bits per heavy atom. The Hall–Kier alpha value is -5.13. The second-order valence-electron chi connectivity index (χ2n) is 14.9. The minimum absolute atomic E-state index is 0.0296. The third-order valence-corrected chi connectivity index (χ3v) is 8.86. The Morgan fingerprint density at radius 1 is 0.576 bits per heavy atom. The zero-order valence-corrected chi connectivity index (χ0v) is 34.5. The van der Waals surface area contributed by atoms with Gasteiger partial charge in [-0.3, -0.25) is 38.6 Å². The number of hydrogen-bond donors (Lipinski definition) is 14. The number of carboxylic acid groups (broad SMARTS) is 2. The Bertz CT molecular complexity index is 1410. The molecular formula is C36H68N12O11. The summed E-state index contributed by atoms with van der Waals surface area (Å²) >= 11 is 0. The number of carboxylic acids is 2. The molecule has 0 radical (unpaired) electrons. The minimum Gasteiger partial charge on any atom is -0.481 e. The van der Waals surface area contributed by atoms with Crippen LogP contribution < -0.4 is 60.6 Å². The van der Waals surface area contributed by atoms with Crippen LogP contribution in [0.4, 0.5) is 0 Å². The predicted octanol–water partition coefficient (Wildman–Crippen LogP) is -4.21. The van der Waals surface area contributed by atoms with Crippen molar-refractivity contribution in [1.29, 1.82) is 0 Å². The second-order valence-corrected chi connectivity index (χ2v) is 14.9. The molecule has 0 aliphatic rings. The summed E-state index contributed by atoms with van der Waals surface area (Å²) in [5, 5.41) is 43.7. The van der Waals surface area contributed by atoms with Gasteiger partial charge < -0.3 is 75.9 Å². The van der Waals surface area contributed by atoms with Crippen molar-refractivity contribution in [2.45, 2.75) is 134 Å². The van der Waals surface area contributed by atoms with Crippen LogP contribution in [0.15, 0.2) is 4.99 Å². The molecule has 23 heteroatoms. The summed E-state index contributed by atoms with van der Waals surface area (Å²) in [4.78, 5) is 107. The Labute approximate surface area is 344 Å². The standard InChI is InChI=1S/C36H68N12O11/c1-19(2)16-24(32(55)48-28(20(3)4)34(57)44-23(35(58)59)12-6-8-14-38)45-33(56)26(18-49)47-31(54)25(17-27(50)51)46-30(53)22(11-5-7-13-37)43-29(52)21(39)10-9-15-42-36(40)41/h19-26,28,49H,5-18,37-39H2,1-4H3,(H,43,52)(H,44,57)(H,45,56)(H,46,53)(H,47,54)(H,48,55)(H,50,51)(H,58,59)(H4,40,41,42)/t21-,22-,23-,24-,25-,26-,28-/m0/s1. The maximum absolute atomic E-state index is 13.6. The molecule has 0 heterocycles. The number of aliphatic carboxylic acids is 2. The number of unbranched alkanes of at least 4 members (excludes halogenated alkanes) is 2. The van der Waals surface area contributed by atoms with Crippen molar-refractivity contribution in [3.05, 3.63) is 0 Å². The van der Waals surface area contributed by atoms with Gasteiger partial charge in [0.2, 0.25) is 35.4 Å². The lowest BCUT2D eigenvalue weighted by Crippen LogP contribution is -2.61. The summed E-state index contributed by atoms with van der Waals surface area (Å²) in [5.41, 5.74) is 27.6. The first-order valence-electron chi connectivity index (χ1n) is 19.8. The van der Waals surface area contributed by atoms with Gasteiger partial charge in [-0.15, -0.1) is 0 Å². The van der Waals surface area contributed by atoms with E-state index >= 15 is 0 Å². The number of nitrogens with two attached hydrogens (primary N) is 5. The predicted molar refractivity (Wildman–Crippen MR) is 217 cm³/mol. The molecule has 0 saturated carbocycles. The molecule has 0 spiro atoms. The van der Waals surface area contributed by atoms with Crippen molar-refractivity contribution in [3.8, 4) is 0 Å². The molecule has 0 bridgehead atoms. The third-order valence-electron chi connectivity index (χ3n) is 8.86. The fourth-order valence-electron chi connectivity index (χ4n) is 5.59. The molecule has 59 heavy (non-hydrogen) atoms. The number of rotatable bonds is 31. The molecule has 6 amide bonds. The highest BCUT2D eigenvalue weighted by atomic mass is 16.4. The van der Waals surface area contributed by atoms with E-state index < -0.39 is 109 Å². The molecule has 338 valence electrons. The highest BCUT2D eigenvalue weighted by molar-refractivity contribution is 5.98. The molecular weight excluding hydrogens is 776 g/mol. The number of nitrogens with one attached hydrogen (secondary N) is 6. The number of hydrogen-bond acceptors (Lipinski definition) is 13. The van der Waals surface area contributed by atoms with Gasteiger partial charge in [0.25, 0.3) is 0 Å². The summed E-state index contributed by atoms with van der Waals surface area (Å²) in [6.07, 6.45) is 1.55. The van der Waals surface area contributed by atoms with E-state index in [1.807, 2.05) is 0 Å². The van der Waals surface area contributed by atoms with E-state index in [1.165, 1.54) is 0 Å². The average Bonchev–Trinajstić information content (AvgIpc) is 3.15. The van der Waals surface area contributed by atoms with Gasteiger partial charge in [-0.2, -0.15) is 0 Å². The monoisotopic (exact) mass is 845 g/mol. The van der Waals surface area contributed by atoms with E-state index in [0.29, 0.717) is 38.6 Å². The van der Waals surface area contributed by atoms with Crippen molar-refractivity contribution in [3.63, 3.8) is 0 Å². The highest BCUT2D eigenvalue weighted by Crippen LogP contribution is 2.11. The number of aliphatic hydroxyl groups is 1. The van der Waals surface area contributed by atoms with E-state index in [0.717, 1.165) is 0 Å². The topological polar surface area (TPSA) is 412 Å². The number of carbonyl (C=O) groups is 8. The third kappa shape index (κ3) is 22.6. The number of carbonyl (C=O) groups excluding carboxylic acids is 6. The lowest BCUT2D eigenvalue weighted by atomic mass is 9.99. The minimum atomic E-state index is -1.80. The molecule has 0 unspecified atom stereocenters. The fraction of sp³-hybridized carbons (Fsp3) is 0.750. The van der Waals surface area contributed by atoms with Crippen LogP contribution in [0.2, 0.25) is 0 Å². The second kappa shape index (κ2) is 29.1. The van der Waals surface area contributed by atoms with Crippen molar-refractivity contribution < 1.29 is 53.7 Å². The number of nitrogens with zero attached hydrogens (tertiary/aromatic N) is 1. The normalized spacial score (nSPS) is 14.7. The van der Waals surface area contributed by atoms with Gasteiger partial charge in [0.1, 0.15) is 36.3 Å². The molecule has 0 fully saturated rings. The van der Waals surface area contributed by atoms with Crippen molar-refractivity contribution in [1.82, 2.24) is 31.9 Å². The fourth-order valence-corrected chi connectivity index (χ4v) is 5.59. The van der Waals surface area contributed by atoms with E-state index in [9.17, 15) is 53.7 Å². The van der Waals surface area contributed by atoms with E-state index in [2.05, 4.69) is 36.9 Å². The van der Waals surface area contributed by atoms with Crippen LogP contribution in [0.5, 0.6) is 0 Å². The zero-order valence-electron chi connectivity index (χ0n) is 34.5. The van der Waals surface area contributed by atoms with Crippen molar-refractivity contribution in [2.75, 3.05) is 26.2 Å². The van der Waals surface area contributed by atoms with E-state index in [1.54, 1.807) is 27.7 Å². The highest BCUT2D eigenvalue weighted by Gasteiger charge is 2.35. The Balaban J connectivity index is 6.04. The molecule has 0 aliphatic carbocycles. The summed E-state index contributed by atoms with van der Waals surface area (Å²) in [6, 6.07) is -9.63. The van der Waals surface area contributed by atoms with Crippen LogP contribution in [0.25, 0.3) is 0 Å². The van der Waals surface area contributed by atoms with Gasteiger partial charge in [0, 0.05) is 6.54 Å². The molecule has 0 aliphatic heterocycles. The summed E-state index contributed by atoms with van der Waals surface area (Å²) in [5.74, 6) is -9.09. The molecule has 0 aromatic heterocycles. The van der Waals surface area contributed by atoms with Crippen molar-refractivity contribution >= 4 is 53.3 Å². The average molecular weight is 845 g/mol. The number of guanidine groups is 1. The van der Waals surface area contributed by atoms with Crippen LogP contribution in [0.3, 0.4) is 0 Å². The first kappa shape index (κ1) is 53.9. The van der Waals surface area contributed by atoms with E-state index in [4.69, 9.17) is 28.7 Å². The number of aliphatic imine (C=N–C) groups is 1. The molecule has 23 nitrogen and oxygen atoms in total. The van der Waals surface area contributed by atoms with Crippen LogP contribution in [0, 0.1) is 11.8 Å². The first-order valence-corrected chi connectivity index (χ1v) is 19.8. The molecule has 7 atom stereocenters.